The first kappa shape index (κ1) is 32.7. The van der Waals surface area contributed by atoms with Gasteiger partial charge in [0.2, 0.25) is 11.8 Å². The molecule has 242 valence electrons. The number of fused-ring (bicyclic) bond motifs is 3. The SMILES string of the molecule is CN(C)C(=O)[C@H](CC(=O)O)N(CCc1ccccc1)C(=O)[C@H](C1CCCC1)N(C)C(=O)OCC1c2ccccc2-c2ccccc21. The molecule has 2 aliphatic carbocycles. The van der Waals surface area contributed by atoms with Crippen molar-refractivity contribution in [3.63, 3.8) is 0 Å². The molecule has 0 spiro atoms. The molecule has 0 unspecified atom stereocenters. The summed E-state index contributed by atoms with van der Waals surface area (Å²) in [5.74, 6) is -2.36. The van der Waals surface area contributed by atoms with Crippen molar-refractivity contribution in [1.82, 2.24) is 14.7 Å². The summed E-state index contributed by atoms with van der Waals surface area (Å²) in [4.78, 5) is 57.9. The van der Waals surface area contributed by atoms with Gasteiger partial charge in [0, 0.05) is 33.6 Å². The highest BCUT2D eigenvalue weighted by Crippen LogP contribution is 2.44. The van der Waals surface area contributed by atoms with E-state index in [4.69, 9.17) is 4.74 Å². The van der Waals surface area contributed by atoms with Gasteiger partial charge in [-0.15, -0.1) is 0 Å². The monoisotopic (exact) mass is 625 g/mol. The molecule has 9 nitrogen and oxygen atoms in total. The minimum absolute atomic E-state index is 0.112. The van der Waals surface area contributed by atoms with Crippen molar-refractivity contribution in [3.05, 3.63) is 95.6 Å². The number of carbonyl (C=O) groups excluding carboxylic acids is 3. The number of benzene rings is 3. The van der Waals surface area contributed by atoms with Gasteiger partial charge in [0.25, 0.3) is 0 Å². The van der Waals surface area contributed by atoms with Crippen molar-refractivity contribution in [1.29, 1.82) is 0 Å². The van der Waals surface area contributed by atoms with Crippen LogP contribution in [0.3, 0.4) is 0 Å². The third kappa shape index (κ3) is 7.09. The lowest BCUT2D eigenvalue weighted by Gasteiger charge is -2.39. The van der Waals surface area contributed by atoms with Crippen LogP contribution in [0.25, 0.3) is 11.1 Å². The van der Waals surface area contributed by atoms with Crippen LogP contribution in [0.15, 0.2) is 78.9 Å². The van der Waals surface area contributed by atoms with Gasteiger partial charge in [-0.05, 0) is 53.0 Å². The fraction of sp³-hybridized carbons (Fsp3) is 0.405. The standard InChI is InChI=1S/C37H43N3O6/c1-38(2)35(43)32(23-33(41)42)40(22-21-25-13-5-4-6-14-25)36(44)34(26-15-7-8-16-26)39(3)37(45)46-24-31-29-19-11-9-17-27(29)28-18-10-12-20-30(28)31/h4-6,9-14,17-20,26,31-32,34H,7-8,15-16,21-24H2,1-3H3,(H,41,42)/t32-,34-/m0/s1. The lowest BCUT2D eigenvalue weighted by atomic mass is 9.94. The summed E-state index contributed by atoms with van der Waals surface area (Å²) in [6.07, 6.45) is 2.60. The van der Waals surface area contributed by atoms with Gasteiger partial charge in [0.05, 0.1) is 6.42 Å². The molecular weight excluding hydrogens is 582 g/mol. The number of carboxylic acids is 1. The van der Waals surface area contributed by atoms with Crippen LogP contribution in [0.4, 0.5) is 4.79 Å². The number of hydrogen-bond donors (Lipinski definition) is 1. The molecule has 0 radical (unpaired) electrons. The molecule has 3 aromatic carbocycles. The van der Waals surface area contributed by atoms with Crippen molar-refractivity contribution < 1.29 is 29.0 Å². The minimum atomic E-state index is -1.22. The second-order valence-corrected chi connectivity index (χ2v) is 12.5. The number of carboxylic acid groups (broad SMARTS) is 1. The molecule has 0 bridgehead atoms. The smallest absolute Gasteiger partial charge is 0.410 e. The van der Waals surface area contributed by atoms with E-state index in [0.717, 1.165) is 53.5 Å². The maximum absolute atomic E-state index is 14.6. The molecular formula is C37H43N3O6. The zero-order valence-corrected chi connectivity index (χ0v) is 26.8. The Balaban J connectivity index is 1.41. The summed E-state index contributed by atoms with van der Waals surface area (Å²) in [6, 6.07) is 23.6. The Morgan fingerprint density at radius 1 is 0.804 bits per heavy atom. The Bertz CT molecular complexity index is 1510. The highest BCUT2D eigenvalue weighted by Gasteiger charge is 2.43. The van der Waals surface area contributed by atoms with Crippen LogP contribution in [-0.2, 0) is 25.5 Å². The quantitative estimate of drug-likeness (QED) is 0.288. The number of amides is 3. The van der Waals surface area contributed by atoms with Gasteiger partial charge >= 0.3 is 12.1 Å². The van der Waals surface area contributed by atoms with Gasteiger partial charge in [-0.2, -0.15) is 0 Å². The minimum Gasteiger partial charge on any atom is -0.481 e. The molecule has 2 atom stereocenters. The van der Waals surface area contributed by atoms with Gasteiger partial charge in [-0.3, -0.25) is 19.3 Å². The first-order valence-electron chi connectivity index (χ1n) is 16.0. The molecule has 0 heterocycles. The second kappa shape index (κ2) is 14.6. The predicted octanol–water partition coefficient (Wildman–Crippen LogP) is 5.43. The molecule has 0 aromatic heterocycles. The molecule has 1 fully saturated rings. The Labute approximate surface area is 270 Å². The summed E-state index contributed by atoms with van der Waals surface area (Å²) in [7, 11) is 4.68. The summed E-state index contributed by atoms with van der Waals surface area (Å²) in [5.41, 5.74) is 5.38. The van der Waals surface area contributed by atoms with E-state index in [1.165, 1.54) is 14.7 Å². The first-order chi connectivity index (χ1) is 22.2. The van der Waals surface area contributed by atoms with E-state index in [1.807, 2.05) is 54.6 Å². The Hall–Kier alpha value is -4.66. The molecule has 1 N–H and O–H groups in total. The highest BCUT2D eigenvalue weighted by molar-refractivity contribution is 5.93. The van der Waals surface area contributed by atoms with E-state index in [9.17, 15) is 24.3 Å². The Morgan fingerprint density at radius 2 is 1.37 bits per heavy atom. The Morgan fingerprint density at radius 3 is 1.93 bits per heavy atom. The predicted molar refractivity (Wildman–Crippen MR) is 175 cm³/mol. The first-order valence-corrected chi connectivity index (χ1v) is 16.0. The van der Waals surface area contributed by atoms with E-state index in [2.05, 4.69) is 24.3 Å². The molecule has 3 amide bonds. The normalized spacial score (nSPS) is 15.4. The molecule has 0 saturated heterocycles. The summed E-state index contributed by atoms with van der Waals surface area (Å²) < 4.78 is 5.96. The van der Waals surface area contributed by atoms with E-state index < -0.39 is 42.4 Å². The van der Waals surface area contributed by atoms with Crippen LogP contribution in [0.2, 0.25) is 0 Å². The van der Waals surface area contributed by atoms with Crippen LogP contribution in [-0.4, -0.2) is 90.1 Å². The topological polar surface area (TPSA) is 107 Å². The van der Waals surface area contributed by atoms with Gasteiger partial charge < -0.3 is 19.6 Å². The number of likely N-dealkylation sites (N-methyl/N-ethyl adjacent to an activating group) is 2. The van der Waals surface area contributed by atoms with Gasteiger partial charge in [-0.1, -0.05) is 91.7 Å². The van der Waals surface area contributed by atoms with Crippen LogP contribution < -0.4 is 0 Å². The molecule has 46 heavy (non-hydrogen) atoms. The molecule has 3 aromatic rings. The fourth-order valence-corrected chi connectivity index (χ4v) is 7.04. The lowest BCUT2D eigenvalue weighted by Crippen LogP contribution is -2.58. The molecule has 0 aliphatic heterocycles. The molecule has 5 rings (SSSR count). The van der Waals surface area contributed by atoms with Crippen molar-refractivity contribution in [2.75, 3.05) is 34.3 Å². The number of rotatable bonds is 12. The maximum Gasteiger partial charge on any atom is 0.410 e. The van der Waals surface area contributed by atoms with Crippen molar-refractivity contribution in [2.24, 2.45) is 5.92 Å². The Kier molecular flexibility index (Phi) is 10.4. The third-order valence-corrected chi connectivity index (χ3v) is 9.38. The van der Waals surface area contributed by atoms with Gasteiger partial charge in [0.15, 0.2) is 0 Å². The van der Waals surface area contributed by atoms with Crippen LogP contribution in [0.5, 0.6) is 0 Å². The number of aliphatic carboxylic acids is 1. The van der Waals surface area contributed by atoms with Gasteiger partial charge in [0.1, 0.15) is 18.7 Å². The fourth-order valence-electron chi connectivity index (χ4n) is 7.04. The van der Waals surface area contributed by atoms with Crippen LogP contribution >= 0.6 is 0 Å². The zero-order chi connectivity index (χ0) is 32.8. The van der Waals surface area contributed by atoms with Crippen molar-refractivity contribution in [3.8, 4) is 11.1 Å². The van der Waals surface area contributed by atoms with E-state index >= 15 is 0 Å². The molecule has 1 saturated carbocycles. The van der Waals surface area contributed by atoms with Crippen molar-refractivity contribution in [2.45, 2.75) is 56.5 Å². The number of ether oxygens (including phenoxy) is 1. The summed E-state index contributed by atoms with van der Waals surface area (Å²) in [5, 5.41) is 9.80. The molecule has 2 aliphatic rings. The number of nitrogens with zero attached hydrogens (tertiary/aromatic N) is 3. The van der Waals surface area contributed by atoms with Crippen LogP contribution in [0.1, 0.15) is 54.7 Å². The third-order valence-electron chi connectivity index (χ3n) is 9.38. The highest BCUT2D eigenvalue weighted by atomic mass is 16.6. The zero-order valence-electron chi connectivity index (χ0n) is 26.8. The average Bonchev–Trinajstić information content (AvgIpc) is 3.70. The van der Waals surface area contributed by atoms with E-state index in [1.54, 1.807) is 21.1 Å². The van der Waals surface area contributed by atoms with Gasteiger partial charge in [-0.25, -0.2) is 4.79 Å². The second-order valence-electron chi connectivity index (χ2n) is 12.5. The summed E-state index contributed by atoms with van der Waals surface area (Å²) >= 11 is 0. The van der Waals surface area contributed by atoms with Crippen molar-refractivity contribution >= 4 is 23.9 Å². The van der Waals surface area contributed by atoms with E-state index in [0.29, 0.717) is 6.42 Å². The van der Waals surface area contributed by atoms with E-state index in [-0.39, 0.29) is 25.0 Å². The number of hydrogen-bond acceptors (Lipinski definition) is 5. The van der Waals surface area contributed by atoms with Crippen LogP contribution in [0, 0.1) is 5.92 Å². The number of carbonyl (C=O) groups is 4. The lowest BCUT2D eigenvalue weighted by molar-refractivity contribution is -0.152. The molecule has 9 heteroatoms. The summed E-state index contributed by atoms with van der Waals surface area (Å²) in [6.45, 7) is 0.239. The average molecular weight is 626 g/mol. The maximum atomic E-state index is 14.6. The largest absolute Gasteiger partial charge is 0.481 e.